The van der Waals surface area contributed by atoms with Crippen LogP contribution in [-0.2, 0) is 29.9 Å². The van der Waals surface area contributed by atoms with E-state index in [4.69, 9.17) is 15.1 Å². The molecule has 0 atom stereocenters. The molecule has 35 heavy (non-hydrogen) atoms. The first-order valence-corrected chi connectivity index (χ1v) is 13.0. The predicted octanol–water partition coefficient (Wildman–Crippen LogP) is 4.33. The van der Waals surface area contributed by atoms with E-state index in [0.717, 1.165) is 43.1 Å². The minimum absolute atomic E-state index is 0.0803. The molecule has 0 saturated carbocycles. The molecule has 1 amide bonds. The molecule has 2 aromatic heterocycles. The molecule has 1 aliphatic rings. The van der Waals surface area contributed by atoms with Crippen LogP contribution < -0.4 is 16.9 Å². The van der Waals surface area contributed by atoms with Crippen LogP contribution in [0.5, 0.6) is 0 Å². The molecule has 5 rings (SSSR count). The maximum Gasteiger partial charge on any atom is 0.336 e. The van der Waals surface area contributed by atoms with Crippen LogP contribution >= 0.6 is 11.8 Å². The summed E-state index contributed by atoms with van der Waals surface area (Å²) in [5, 5.41) is 2.14. The molecule has 0 fully saturated rings. The van der Waals surface area contributed by atoms with Crippen LogP contribution in [0.2, 0.25) is 0 Å². The highest BCUT2D eigenvalue weighted by Gasteiger charge is 2.17. The summed E-state index contributed by atoms with van der Waals surface area (Å²) in [6.45, 7) is 0.503. The zero-order valence-corrected chi connectivity index (χ0v) is 20.2. The van der Waals surface area contributed by atoms with E-state index < -0.39 is 0 Å². The standard InChI is InChI=1S/C27H27N3O4S/c28-24(31)11-2-1-5-12-30-26(33)20-9-3-4-10-22(20)29-27(30)35-16-19-15-25(32)34-23-14-18-8-6-7-17(18)13-21(19)23/h3-4,9-10,13-15H,1-2,5-8,11-12,16H2,(H2,28,31). The van der Waals surface area contributed by atoms with Crippen LogP contribution in [0.1, 0.15) is 48.8 Å². The predicted molar refractivity (Wildman–Crippen MR) is 138 cm³/mol. The van der Waals surface area contributed by atoms with Crippen molar-refractivity contribution >= 4 is 39.5 Å². The molecule has 0 spiro atoms. The quantitative estimate of drug-likeness (QED) is 0.162. The van der Waals surface area contributed by atoms with Gasteiger partial charge in [0.1, 0.15) is 5.58 Å². The minimum atomic E-state index is -0.371. The molecule has 0 saturated heterocycles. The van der Waals surface area contributed by atoms with Gasteiger partial charge >= 0.3 is 5.63 Å². The lowest BCUT2D eigenvalue weighted by atomic mass is 10.0. The van der Waals surface area contributed by atoms with Gasteiger partial charge in [0.25, 0.3) is 5.56 Å². The number of unbranched alkanes of at least 4 members (excludes halogenated alkanes) is 2. The first-order valence-electron chi connectivity index (χ1n) is 12.0. The number of nitrogens with two attached hydrogens (primary N) is 1. The summed E-state index contributed by atoms with van der Waals surface area (Å²) in [5.74, 6) is 0.184. The molecule has 0 radical (unpaired) electrons. The van der Waals surface area contributed by atoms with Crippen molar-refractivity contribution in [3.8, 4) is 0 Å². The summed E-state index contributed by atoms with van der Waals surface area (Å²) >= 11 is 1.45. The lowest BCUT2D eigenvalue weighted by Gasteiger charge is -2.14. The number of thioether (sulfide) groups is 1. The topological polar surface area (TPSA) is 108 Å². The van der Waals surface area contributed by atoms with Crippen LogP contribution in [-0.4, -0.2) is 15.5 Å². The zero-order chi connectivity index (χ0) is 24.4. The van der Waals surface area contributed by atoms with Crippen molar-refractivity contribution in [1.29, 1.82) is 0 Å². The third-order valence-corrected chi connectivity index (χ3v) is 7.56. The van der Waals surface area contributed by atoms with Crippen molar-refractivity contribution in [2.75, 3.05) is 0 Å². The number of primary amides is 1. The number of aryl methyl sites for hydroxylation is 2. The van der Waals surface area contributed by atoms with Crippen molar-refractivity contribution in [3.05, 3.63) is 79.9 Å². The molecule has 0 aliphatic heterocycles. The number of amides is 1. The van der Waals surface area contributed by atoms with Crippen LogP contribution in [0.25, 0.3) is 21.9 Å². The van der Waals surface area contributed by atoms with Gasteiger partial charge in [-0.05, 0) is 73.1 Å². The van der Waals surface area contributed by atoms with Gasteiger partial charge in [-0.15, -0.1) is 0 Å². The number of carbonyl (C=O) groups is 1. The summed E-state index contributed by atoms with van der Waals surface area (Å²) in [6.07, 6.45) is 5.75. The molecule has 0 bridgehead atoms. The minimum Gasteiger partial charge on any atom is -0.423 e. The Morgan fingerprint density at radius 3 is 2.66 bits per heavy atom. The zero-order valence-electron chi connectivity index (χ0n) is 19.4. The van der Waals surface area contributed by atoms with Crippen LogP contribution in [0.3, 0.4) is 0 Å². The number of para-hydroxylation sites is 1. The lowest BCUT2D eigenvalue weighted by molar-refractivity contribution is -0.118. The van der Waals surface area contributed by atoms with Crippen LogP contribution in [0, 0.1) is 0 Å². The van der Waals surface area contributed by atoms with Gasteiger partial charge in [-0.1, -0.05) is 30.3 Å². The van der Waals surface area contributed by atoms with E-state index in [-0.39, 0.29) is 17.1 Å². The Kier molecular flexibility index (Phi) is 6.72. The molecule has 2 N–H and O–H groups in total. The number of hydrogen-bond donors (Lipinski definition) is 1. The maximum absolute atomic E-state index is 13.3. The number of nitrogens with zero attached hydrogens (tertiary/aromatic N) is 2. The van der Waals surface area contributed by atoms with Crippen molar-refractivity contribution in [3.63, 3.8) is 0 Å². The second-order valence-electron chi connectivity index (χ2n) is 9.00. The molecular formula is C27H27N3O4S. The van der Waals surface area contributed by atoms with Gasteiger partial charge in [-0.25, -0.2) is 9.78 Å². The first kappa shape index (κ1) is 23.4. The highest BCUT2D eigenvalue weighted by Crippen LogP contribution is 2.31. The average molecular weight is 490 g/mol. The summed E-state index contributed by atoms with van der Waals surface area (Å²) in [7, 11) is 0. The Morgan fingerprint density at radius 2 is 1.83 bits per heavy atom. The van der Waals surface area contributed by atoms with E-state index in [1.165, 1.54) is 22.9 Å². The van der Waals surface area contributed by atoms with Gasteiger partial charge < -0.3 is 10.2 Å². The molecule has 4 aromatic rings. The Morgan fingerprint density at radius 1 is 1.03 bits per heavy atom. The highest BCUT2D eigenvalue weighted by molar-refractivity contribution is 7.98. The first-order chi connectivity index (χ1) is 17.0. The van der Waals surface area contributed by atoms with E-state index in [2.05, 4.69) is 6.07 Å². The molecule has 2 heterocycles. The van der Waals surface area contributed by atoms with E-state index >= 15 is 0 Å². The molecule has 2 aromatic carbocycles. The van der Waals surface area contributed by atoms with E-state index in [9.17, 15) is 14.4 Å². The Hall–Kier alpha value is -3.39. The Bertz CT molecular complexity index is 1540. The lowest BCUT2D eigenvalue weighted by Crippen LogP contribution is -2.23. The van der Waals surface area contributed by atoms with Gasteiger partial charge in [-0.2, -0.15) is 0 Å². The largest absolute Gasteiger partial charge is 0.423 e. The highest BCUT2D eigenvalue weighted by atomic mass is 32.2. The average Bonchev–Trinajstić information content (AvgIpc) is 3.29. The fourth-order valence-electron chi connectivity index (χ4n) is 4.76. The molecule has 180 valence electrons. The third-order valence-electron chi connectivity index (χ3n) is 6.53. The maximum atomic E-state index is 13.3. The van der Waals surface area contributed by atoms with E-state index in [1.807, 2.05) is 24.3 Å². The summed E-state index contributed by atoms with van der Waals surface area (Å²) in [5.41, 5.74) is 9.51. The fraction of sp³-hybridized carbons (Fsp3) is 0.333. The van der Waals surface area contributed by atoms with Crippen molar-refractivity contribution < 1.29 is 9.21 Å². The molecule has 1 aliphatic carbocycles. The summed E-state index contributed by atoms with van der Waals surface area (Å²) in [4.78, 5) is 41.4. The third kappa shape index (κ3) is 5.03. The number of benzene rings is 2. The molecule has 8 heteroatoms. The fourth-order valence-corrected chi connectivity index (χ4v) is 5.77. The van der Waals surface area contributed by atoms with Gasteiger partial charge in [0.05, 0.1) is 10.9 Å². The second-order valence-corrected chi connectivity index (χ2v) is 9.94. The van der Waals surface area contributed by atoms with Crippen molar-refractivity contribution in [2.24, 2.45) is 5.73 Å². The Balaban J connectivity index is 1.46. The number of fused-ring (bicyclic) bond motifs is 3. The second kappa shape index (κ2) is 10.1. The number of aromatic nitrogens is 2. The summed E-state index contributed by atoms with van der Waals surface area (Å²) in [6, 6.07) is 13.0. The normalized spacial score (nSPS) is 12.9. The van der Waals surface area contributed by atoms with Gasteiger partial charge in [0.2, 0.25) is 5.91 Å². The number of carbonyl (C=O) groups excluding carboxylic acids is 1. The van der Waals surface area contributed by atoms with Crippen molar-refractivity contribution in [2.45, 2.75) is 62.4 Å². The van der Waals surface area contributed by atoms with E-state index in [1.54, 1.807) is 16.7 Å². The van der Waals surface area contributed by atoms with Crippen LogP contribution in [0.15, 0.2) is 61.6 Å². The number of rotatable bonds is 9. The smallest absolute Gasteiger partial charge is 0.336 e. The van der Waals surface area contributed by atoms with Gasteiger partial charge in [0, 0.05) is 30.2 Å². The van der Waals surface area contributed by atoms with E-state index in [0.29, 0.717) is 46.8 Å². The SMILES string of the molecule is NC(=O)CCCCCn1c(SCc2cc(=O)oc3cc4c(cc23)CCC4)nc2ccccc2c1=O. The van der Waals surface area contributed by atoms with Crippen molar-refractivity contribution in [1.82, 2.24) is 9.55 Å². The molecule has 7 nitrogen and oxygen atoms in total. The summed E-state index contributed by atoms with van der Waals surface area (Å²) < 4.78 is 7.22. The molecular weight excluding hydrogens is 462 g/mol. The Labute approximate surface area is 206 Å². The molecule has 0 unspecified atom stereocenters. The van der Waals surface area contributed by atoms with Crippen LogP contribution in [0.4, 0.5) is 0 Å². The van der Waals surface area contributed by atoms with Gasteiger partial charge in [-0.3, -0.25) is 14.2 Å². The monoisotopic (exact) mass is 489 g/mol. The number of hydrogen-bond acceptors (Lipinski definition) is 6. The van der Waals surface area contributed by atoms with Gasteiger partial charge in [0.15, 0.2) is 5.16 Å².